The molecule has 73 heavy (non-hydrogen) atoms. The smallest absolute Gasteiger partial charge is 0.488 e. The van der Waals surface area contributed by atoms with E-state index in [-0.39, 0.29) is 29.7 Å². The quantitative estimate of drug-likeness (QED) is 0.0399. The number of methoxy groups -OCH3 is 1. The second-order valence-corrected chi connectivity index (χ2v) is 22.2. The molecule has 2 aliphatic heterocycles. The molecule has 4 aromatic rings. The summed E-state index contributed by atoms with van der Waals surface area (Å²) < 4.78 is 10.9. The number of halogens is 1. The van der Waals surface area contributed by atoms with Crippen molar-refractivity contribution in [1.82, 2.24) is 20.2 Å². The number of piperidine rings is 2. The van der Waals surface area contributed by atoms with Crippen molar-refractivity contribution in [3.05, 3.63) is 101 Å². The highest BCUT2D eigenvalue weighted by atomic mass is 35.5. The van der Waals surface area contributed by atoms with Crippen molar-refractivity contribution < 1.29 is 49.2 Å². The third-order valence-electron chi connectivity index (χ3n) is 14.4. The molecule has 400 valence electrons. The van der Waals surface area contributed by atoms with Crippen LogP contribution < -0.4 is 15.5 Å². The maximum Gasteiger partial charge on any atom is 0.488 e. The van der Waals surface area contributed by atoms with Crippen molar-refractivity contribution in [2.45, 2.75) is 137 Å². The zero-order valence-electron chi connectivity index (χ0n) is 44.2. The van der Waals surface area contributed by atoms with Gasteiger partial charge in [0.15, 0.2) is 0 Å². The molecule has 0 atom stereocenters. The van der Waals surface area contributed by atoms with Crippen LogP contribution in [0.15, 0.2) is 85.2 Å². The number of carbonyl (C=O) groups excluding carboxylic acids is 2. The van der Waals surface area contributed by atoms with Crippen LogP contribution in [0.1, 0.15) is 135 Å². The number of esters is 1. The lowest BCUT2D eigenvalue weighted by molar-refractivity contribution is -0.146. The molecule has 8 rings (SSSR count). The van der Waals surface area contributed by atoms with Crippen LogP contribution in [0.5, 0.6) is 11.5 Å². The lowest BCUT2D eigenvalue weighted by atomic mass is 9.72. The second kappa shape index (κ2) is 30.5. The Labute approximate surface area is 439 Å². The van der Waals surface area contributed by atoms with Gasteiger partial charge in [0.25, 0.3) is 0 Å². The van der Waals surface area contributed by atoms with Crippen LogP contribution in [-0.2, 0) is 20.9 Å². The predicted octanol–water partition coefficient (Wildman–Crippen LogP) is 9.39. The number of benzene rings is 2. The zero-order valence-corrected chi connectivity index (χ0v) is 45.0. The van der Waals surface area contributed by atoms with E-state index in [1.165, 1.54) is 68.8 Å². The summed E-state index contributed by atoms with van der Waals surface area (Å²) in [5.74, 6) is 1.84. The number of hydrogen-bond donors (Lipinski definition) is 6. The zero-order chi connectivity index (χ0) is 53.6. The standard InChI is InChI=1S/C28H38N2O3.C10H20O.C7H7BO3.C7H13NO2.C5H4ClNO/c1-28(2,3)23-7-9-24(10-8-23)33-25-11-12-26(29-18-25)22-6-4-5-20(17-22)19-30-15-13-21(14-16-30)27(31)32;1-10(2,3)8-4-6-9(11)7-5-8;9-5-6-2-1-3-7(4-6)8(10)11;1-10-7(9)6-2-4-8-5-3-6;6-5-2-1-4(8)3-7-5/h4-6,11-12,17-18,21,23-24H,7-10,13-16,19H2,1-3H3,(H,31,32);8-9,11H,4-7H2,1-3H3;1-5,10-11H;6,8H,2-5H2,1H3;1-3,8H. The van der Waals surface area contributed by atoms with Gasteiger partial charge >= 0.3 is 19.1 Å². The van der Waals surface area contributed by atoms with E-state index in [0.29, 0.717) is 39.4 Å². The van der Waals surface area contributed by atoms with E-state index in [2.05, 4.69) is 90.7 Å². The first-order valence-electron chi connectivity index (χ1n) is 26.0. The maximum absolute atomic E-state index is 11.2. The third-order valence-corrected chi connectivity index (χ3v) is 14.6. The van der Waals surface area contributed by atoms with E-state index in [9.17, 15) is 24.6 Å². The molecule has 4 aliphatic rings. The second-order valence-electron chi connectivity index (χ2n) is 21.8. The molecule has 2 aliphatic carbocycles. The molecule has 14 nitrogen and oxygen atoms in total. The van der Waals surface area contributed by atoms with Gasteiger partial charge < -0.3 is 40.2 Å². The molecule has 2 aromatic carbocycles. The predicted molar refractivity (Wildman–Crippen MR) is 289 cm³/mol. The van der Waals surface area contributed by atoms with Crippen LogP contribution in [0, 0.1) is 34.5 Å². The Balaban J connectivity index is 0.000000234. The Bertz CT molecular complexity index is 2210. The Kier molecular flexibility index (Phi) is 25.3. The summed E-state index contributed by atoms with van der Waals surface area (Å²) >= 11 is 5.39. The van der Waals surface area contributed by atoms with Gasteiger partial charge in [-0.25, -0.2) is 4.98 Å². The Morgan fingerprint density at radius 3 is 1.89 bits per heavy atom. The summed E-state index contributed by atoms with van der Waals surface area (Å²) in [7, 11) is -0.0559. The Hall–Kier alpha value is -4.90. The van der Waals surface area contributed by atoms with E-state index < -0.39 is 13.1 Å². The Morgan fingerprint density at radius 2 is 1.38 bits per heavy atom. The minimum absolute atomic E-state index is 0.00593. The van der Waals surface area contributed by atoms with Crippen molar-refractivity contribution in [3.8, 4) is 22.8 Å². The molecule has 4 fully saturated rings. The number of likely N-dealkylation sites (tertiary alicyclic amines) is 1. The molecule has 2 aromatic heterocycles. The number of carboxylic acid groups (broad SMARTS) is 1. The molecule has 6 N–H and O–H groups in total. The number of aldehydes is 1. The van der Waals surface area contributed by atoms with Crippen LogP contribution in [0.4, 0.5) is 0 Å². The topological polar surface area (TPSA) is 212 Å². The van der Waals surface area contributed by atoms with Crippen LogP contribution >= 0.6 is 11.6 Å². The summed E-state index contributed by atoms with van der Waals surface area (Å²) in [4.78, 5) is 42.9. The monoisotopic (exact) mass is 1030 g/mol. The Morgan fingerprint density at radius 1 is 0.767 bits per heavy atom. The average molecular weight is 1030 g/mol. The highest BCUT2D eigenvalue weighted by Gasteiger charge is 2.31. The number of aromatic nitrogens is 2. The lowest BCUT2D eigenvalue weighted by Gasteiger charge is -2.36. The number of aliphatic hydroxyl groups excluding tert-OH is 1. The van der Waals surface area contributed by atoms with Crippen LogP contribution in [0.3, 0.4) is 0 Å². The highest BCUT2D eigenvalue weighted by Crippen LogP contribution is 2.39. The highest BCUT2D eigenvalue weighted by molar-refractivity contribution is 6.58. The lowest BCUT2D eigenvalue weighted by Crippen LogP contribution is -2.35. The first-order chi connectivity index (χ1) is 34.6. The van der Waals surface area contributed by atoms with Crippen molar-refractivity contribution in [2.75, 3.05) is 33.3 Å². The number of carbonyl (C=O) groups is 3. The number of hydrogen-bond acceptors (Lipinski definition) is 13. The van der Waals surface area contributed by atoms with E-state index in [1.54, 1.807) is 12.1 Å². The minimum atomic E-state index is -1.50. The van der Waals surface area contributed by atoms with E-state index in [1.807, 2.05) is 18.3 Å². The molecule has 0 spiro atoms. The summed E-state index contributed by atoms with van der Waals surface area (Å²) in [6.45, 7) is 18.3. The molecular weight excluding hydrogens is 947 g/mol. The molecule has 2 saturated carbocycles. The van der Waals surface area contributed by atoms with Gasteiger partial charge in [-0.15, -0.1) is 0 Å². The first kappa shape index (κ1) is 60.7. The van der Waals surface area contributed by atoms with Crippen molar-refractivity contribution >= 4 is 42.4 Å². The molecule has 2 saturated heterocycles. The number of aliphatic carboxylic acids is 1. The van der Waals surface area contributed by atoms with E-state index in [4.69, 9.17) is 31.5 Å². The van der Waals surface area contributed by atoms with Gasteiger partial charge in [0.1, 0.15) is 22.9 Å². The summed E-state index contributed by atoms with van der Waals surface area (Å²) in [6, 6.07) is 21.8. The number of rotatable bonds is 9. The summed E-state index contributed by atoms with van der Waals surface area (Å²) in [6.07, 6.45) is 16.6. The fourth-order valence-corrected chi connectivity index (χ4v) is 9.72. The van der Waals surface area contributed by atoms with Gasteiger partial charge in [0.2, 0.25) is 0 Å². The molecule has 0 amide bonds. The van der Waals surface area contributed by atoms with E-state index in [0.717, 1.165) is 113 Å². The first-order valence-corrected chi connectivity index (χ1v) is 26.4. The number of carboxylic acids is 1. The number of nitrogens with zero attached hydrogens (tertiary/aromatic N) is 3. The largest absolute Gasteiger partial charge is 0.506 e. The van der Waals surface area contributed by atoms with Crippen molar-refractivity contribution in [2.24, 2.45) is 34.5 Å². The summed E-state index contributed by atoms with van der Waals surface area (Å²) in [5, 5.41) is 48.1. The number of aromatic hydroxyl groups is 1. The van der Waals surface area contributed by atoms with E-state index >= 15 is 0 Å². The molecule has 0 bridgehead atoms. The van der Waals surface area contributed by atoms with Crippen molar-refractivity contribution in [3.63, 3.8) is 0 Å². The molecule has 4 heterocycles. The van der Waals surface area contributed by atoms with Crippen LogP contribution in [0.25, 0.3) is 11.3 Å². The van der Waals surface area contributed by atoms with Gasteiger partial charge in [0, 0.05) is 17.7 Å². The molecule has 0 unspecified atom stereocenters. The van der Waals surface area contributed by atoms with Gasteiger partial charge in [-0.3, -0.25) is 24.3 Å². The average Bonchev–Trinajstić information content (AvgIpc) is 3.38. The van der Waals surface area contributed by atoms with Gasteiger partial charge in [-0.1, -0.05) is 95.6 Å². The SMILES string of the molecule is CC(C)(C)C1CCC(O)CC1.CC(C)(C)C1CCC(Oc2ccc(-c3cccc(CN4CCC(C(=O)O)CC4)c3)nc2)CC1.COC(=O)C1CCNCC1.O=Cc1cccc(B(O)O)c1.Oc1ccc(Cl)nc1. The fraction of sp³-hybridized carbons (Fsp3) is 0.561. The number of ether oxygens (including phenoxy) is 2. The maximum atomic E-state index is 11.2. The molecule has 0 radical (unpaired) electrons. The molecule has 16 heteroatoms. The summed E-state index contributed by atoms with van der Waals surface area (Å²) in [5.41, 5.74) is 4.89. The van der Waals surface area contributed by atoms with Crippen molar-refractivity contribution in [1.29, 1.82) is 0 Å². The van der Waals surface area contributed by atoms with Gasteiger partial charge in [-0.05, 0) is 167 Å². The van der Waals surface area contributed by atoms with Gasteiger partial charge in [0.05, 0.1) is 49.2 Å². The van der Waals surface area contributed by atoms with Gasteiger partial charge in [-0.2, -0.15) is 0 Å². The normalized spacial score (nSPS) is 20.6. The third kappa shape index (κ3) is 22.2. The number of aliphatic hydroxyl groups is 1. The fourth-order valence-electron chi connectivity index (χ4n) is 9.61. The van der Waals surface area contributed by atoms with Crippen LogP contribution in [-0.4, -0.2) is 111 Å². The number of pyridine rings is 2. The molecular formula is C57H82BClN4O10. The number of nitrogens with one attached hydrogen (secondary N) is 1. The van der Waals surface area contributed by atoms with Crippen LogP contribution in [0.2, 0.25) is 5.15 Å². The minimum Gasteiger partial charge on any atom is -0.506 e.